The smallest absolute Gasteiger partial charge is 0.243 e. The van der Waals surface area contributed by atoms with Crippen LogP contribution in [0.25, 0.3) is 10.2 Å². The number of anilines is 1. The summed E-state index contributed by atoms with van der Waals surface area (Å²) in [7, 11) is -3.45. The zero-order valence-corrected chi connectivity index (χ0v) is 17.3. The first-order valence-electron chi connectivity index (χ1n) is 8.92. The van der Waals surface area contributed by atoms with Gasteiger partial charge in [0.25, 0.3) is 0 Å². The second kappa shape index (κ2) is 6.85. The summed E-state index contributed by atoms with van der Waals surface area (Å²) in [4.78, 5) is 14.1. The number of nitrogens with zero attached hydrogens (tertiary/aromatic N) is 4. The lowest BCUT2D eigenvalue weighted by Gasteiger charge is -2.35. The summed E-state index contributed by atoms with van der Waals surface area (Å²) >= 11 is 1.69. The highest BCUT2D eigenvalue weighted by Gasteiger charge is 2.30. The molecule has 0 N–H and O–H groups in total. The van der Waals surface area contributed by atoms with Crippen molar-refractivity contribution in [2.24, 2.45) is 0 Å². The highest BCUT2D eigenvalue weighted by molar-refractivity contribution is 7.89. The lowest BCUT2D eigenvalue weighted by Crippen LogP contribution is -2.49. The summed E-state index contributed by atoms with van der Waals surface area (Å²) in [5.74, 6) is 1.68. The van der Waals surface area contributed by atoms with Gasteiger partial charge in [0.1, 0.15) is 16.5 Å². The minimum Gasteiger partial charge on any atom is -0.353 e. The first-order chi connectivity index (χ1) is 12.9. The van der Waals surface area contributed by atoms with Crippen molar-refractivity contribution in [3.63, 3.8) is 0 Å². The highest BCUT2D eigenvalue weighted by Crippen LogP contribution is 2.35. The van der Waals surface area contributed by atoms with Crippen molar-refractivity contribution in [2.45, 2.75) is 25.7 Å². The predicted molar refractivity (Wildman–Crippen MR) is 109 cm³/mol. The Labute approximate surface area is 163 Å². The Morgan fingerprint density at radius 1 is 0.963 bits per heavy atom. The number of hydrogen-bond acceptors (Lipinski definition) is 6. The van der Waals surface area contributed by atoms with E-state index in [-0.39, 0.29) is 0 Å². The number of hydrogen-bond donors (Lipinski definition) is 0. The Bertz CT molecular complexity index is 1090. The third kappa shape index (κ3) is 3.22. The molecule has 0 saturated carbocycles. The minimum atomic E-state index is -3.45. The van der Waals surface area contributed by atoms with Crippen molar-refractivity contribution in [1.82, 2.24) is 14.3 Å². The molecule has 1 aliphatic rings. The molecule has 0 spiro atoms. The molecule has 3 heterocycles. The van der Waals surface area contributed by atoms with Gasteiger partial charge in [0.2, 0.25) is 10.0 Å². The Balaban J connectivity index is 1.61. The zero-order valence-electron chi connectivity index (χ0n) is 15.6. The first kappa shape index (κ1) is 18.3. The molecule has 2 aromatic heterocycles. The van der Waals surface area contributed by atoms with Crippen LogP contribution in [0.15, 0.2) is 35.2 Å². The summed E-state index contributed by atoms with van der Waals surface area (Å²) in [6.45, 7) is 8.24. The molecule has 1 aliphatic heterocycles. The van der Waals surface area contributed by atoms with Crippen LogP contribution in [0.3, 0.4) is 0 Å². The molecule has 6 nitrogen and oxygen atoms in total. The molecule has 8 heteroatoms. The Hall–Kier alpha value is -2.03. The number of rotatable bonds is 3. The van der Waals surface area contributed by atoms with Gasteiger partial charge in [0.15, 0.2) is 0 Å². The van der Waals surface area contributed by atoms with Gasteiger partial charge in [0, 0.05) is 31.1 Å². The van der Waals surface area contributed by atoms with Gasteiger partial charge in [-0.1, -0.05) is 18.2 Å². The molecule has 0 atom stereocenters. The van der Waals surface area contributed by atoms with E-state index in [0.717, 1.165) is 21.9 Å². The van der Waals surface area contributed by atoms with Crippen molar-refractivity contribution in [2.75, 3.05) is 31.1 Å². The molecule has 1 fully saturated rings. The van der Waals surface area contributed by atoms with Crippen molar-refractivity contribution in [3.05, 3.63) is 46.6 Å². The van der Waals surface area contributed by atoms with Crippen LogP contribution in [0.2, 0.25) is 0 Å². The molecule has 27 heavy (non-hydrogen) atoms. The minimum absolute atomic E-state index is 0.350. The summed E-state index contributed by atoms with van der Waals surface area (Å²) in [6.07, 6.45) is 0. The fraction of sp³-hybridized carbons (Fsp3) is 0.368. The zero-order chi connectivity index (χ0) is 19.2. The number of fused-ring (bicyclic) bond motifs is 1. The molecule has 0 radical (unpaired) electrons. The van der Waals surface area contributed by atoms with E-state index in [0.29, 0.717) is 31.1 Å². The van der Waals surface area contributed by atoms with Crippen molar-refractivity contribution in [3.8, 4) is 0 Å². The molecule has 3 aromatic rings. The second-order valence-electron chi connectivity index (χ2n) is 6.76. The summed E-state index contributed by atoms with van der Waals surface area (Å²) in [6, 6.07) is 8.63. The van der Waals surface area contributed by atoms with Crippen LogP contribution in [-0.2, 0) is 10.0 Å². The normalized spacial score (nSPS) is 16.2. The number of aromatic nitrogens is 2. The third-order valence-corrected chi connectivity index (χ3v) is 8.05. The summed E-state index contributed by atoms with van der Waals surface area (Å²) in [5.41, 5.74) is 1.21. The first-order valence-corrected chi connectivity index (χ1v) is 11.2. The van der Waals surface area contributed by atoms with Gasteiger partial charge in [-0.2, -0.15) is 4.31 Å². The van der Waals surface area contributed by atoms with Gasteiger partial charge in [0.05, 0.1) is 10.3 Å². The molecule has 0 bridgehead atoms. The maximum Gasteiger partial charge on any atom is 0.243 e. The van der Waals surface area contributed by atoms with Crippen LogP contribution < -0.4 is 4.90 Å². The fourth-order valence-electron chi connectivity index (χ4n) is 3.44. The largest absolute Gasteiger partial charge is 0.353 e. The Morgan fingerprint density at radius 2 is 1.63 bits per heavy atom. The molecule has 1 saturated heterocycles. The van der Waals surface area contributed by atoms with E-state index in [2.05, 4.69) is 23.7 Å². The maximum absolute atomic E-state index is 12.8. The van der Waals surface area contributed by atoms with Crippen LogP contribution in [0.1, 0.15) is 16.3 Å². The second-order valence-corrected chi connectivity index (χ2v) is 9.90. The van der Waals surface area contributed by atoms with Crippen molar-refractivity contribution in [1.29, 1.82) is 0 Å². The summed E-state index contributed by atoms with van der Waals surface area (Å²) < 4.78 is 27.2. The van der Waals surface area contributed by atoms with Crippen molar-refractivity contribution < 1.29 is 8.42 Å². The van der Waals surface area contributed by atoms with E-state index in [1.54, 1.807) is 39.9 Å². The standard InChI is InChI=1S/C19H22N4O2S2/c1-13-14(2)26-19-17(13)18(20-15(3)21-19)22-9-11-23(12-10-22)27(24,25)16-7-5-4-6-8-16/h4-8H,9-12H2,1-3H3. The van der Waals surface area contributed by atoms with Crippen LogP contribution >= 0.6 is 11.3 Å². The average molecular weight is 403 g/mol. The Morgan fingerprint density at radius 3 is 2.30 bits per heavy atom. The number of thiophene rings is 1. The molecule has 0 aliphatic carbocycles. The molecular weight excluding hydrogens is 380 g/mol. The number of benzene rings is 1. The van der Waals surface area contributed by atoms with Gasteiger partial charge in [-0.25, -0.2) is 18.4 Å². The average Bonchev–Trinajstić information content (AvgIpc) is 2.95. The van der Waals surface area contributed by atoms with E-state index >= 15 is 0 Å². The maximum atomic E-state index is 12.8. The predicted octanol–water partition coefficient (Wildman–Crippen LogP) is 3.13. The fourth-order valence-corrected chi connectivity index (χ4v) is 5.96. The van der Waals surface area contributed by atoms with Crippen LogP contribution in [0, 0.1) is 20.8 Å². The summed E-state index contributed by atoms with van der Waals surface area (Å²) in [5, 5.41) is 1.10. The van der Waals surface area contributed by atoms with Gasteiger partial charge in [-0.05, 0) is 38.5 Å². The van der Waals surface area contributed by atoms with E-state index in [1.807, 2.05) is 13.0 Å². The number of piperazine rings is 1. The lowest BCUT2D eigenvalue weighted by molar-refractivity contribution is 0.384. The van der Waals surface area contributed by atoms with Crippen LogP contribution in [0.4, 0.5) is 5.82 Å². The van der Waals surface area contributed by atoms with Crippen molar-refractivity contribution >= 4 is 37.4 Å². The van der Waals surface area contributed by atoms with Crippen LogP contribution in [0.5, 0.6) is 0 Å². The lowest BCUT2D eigenvalue weighted by atomic mass is 10.2. The Kier molecular flexibility index (Phi) is 4.65. The third-order valence-electron chi connectivity index (χ3n) is 5.04. The van der Waals surface area contributed by atoms with Gasteiger partial charge in [-0.3, -0.25) is 0 Å². The SMILES string of the molecule is Cc1nc(N2CCN(S(=O)(=O)c3ccccc3)CC2)c2c(C)c(C)sc2n1. The van der Waals surface area contributed by atoms with Gasteiger partial charge >= 0.3 is 0 Å². The number of sulfonamides is 1. The van der Waals surface area contributed by atoms with E-state index < -0.39 is 10.0 Å². The van der Waals surface area contributed by atoms with Crippen LogP contribution in [-0.4, -0.2) is 48.9 Å². The molecule has 142 valence electrons. The number of aryl methyl sites for hydroxylation is 3. The van der Waals surface area contributed by atoms with Gasteiger partial charge in [-0.15, -0.1) is 11.3 Å². The van der Waals surface area contributed by atoms with E-state index in [4.69, 9.17) is 4.98 Å². The molecule has 1 aromatic carbocycles. The topological polar surface area (TPSA) is 66.4 Å². The quantitative estimate of drug-likeness (QED) is 0.673. The van der Waals surface area contributed by atoms with E-state index in [9.17, 15) is 8.42 Å². The highest BCUT2D eigenvalue weighted by atomic mass is 32.2. The molecule has 0 unspecified atom stereocenters. The molecule has 4 rings (SSSR count). The molecular formula is C19H22N4O2S2. The monoisotopic (exact) mass is 402 g/mol. The van der Waals surface area contributed by atoms with Gasteiger partial charge < -0.3 is 4.90 Å². The van der Waals surface area contributed by atoms with E-state index in [1.165, 1.54) is 10.4 Å². The molecule has 0 amide bonds.